The van der Waals surface area contributed by atoms with Gasteiger partial charge in [-0.05, 0) is 6.07 Å². The predicted molar refractivity (Wildman–Crippen MR) is 72.3 cm³/mol. The summed E-state index contributed by atoms with van der Waals surface area (Å²) in [5.74, 6) is -0.0936. The Morgan fingerprint density at radius 1 is 1.48 bits per heavy atom. The second-order valence-corrected chi connectivity index (χ2v) is 5.76. The van der Waals surface area contributed by atoms with Crippen LogP contribution in [0.25, 0.3) is 0 Å². The number of nitrogens with one attached hydrogen (secondary N) is 2. The van der Waals surface area contributed by atoms with Gasteiger partial charge in [0.2, 0.25) is 10.0 Å². The van der Waals surface area contributed by atoms with Crippen molar-refractivity contribution in [1.82, 2.24) is 14.9 Å². The highest BCUT2D eigenvalue weighted by Gasteiger charge is 2.22. The molecule has 9 nitrogen and oxygen atoms in total. The first-order valence-corrected chi connectivity index (χ1v) is 7.22. The van der Waals surface area contributed by atoms with Gasteiger partial charge in [-0.3, -0.25) is 15.2 Å². The van der Waals surface area contributed by atoms with E-state index in [-0.39, 0.29) is 22.9 Å². The van der Waals surface area contributed by atoms with Crippen LogP contribution in [0.2, 0.25) is 0 Å². The predicted octanol–water partition coefficient (Wildman–Crippen LogP) is 0.805. The molecule has 1 aromatic heterocycles. The molecule has 1 heterocycles. The molecule has 0 aliphatic heterocycles. The second-order valence-electron chi connectivity index (χ2n) is 4.02. The number of rotatable bonds is 6. The highest BCUT2D eigenvalue weighted by molar-refractivity contribution is 7.89. The fourth-order valence-corrected chi connectivity index (χ4v) is 2.79. The fraction of sp³-hybridized carbons (Fsp3) is 0.182. The number of hydrogen-bond donors (Lipinski definition) is 2. The largest absolute Gasteiger partial charge is 0.495 e. The van der Waals surface area contributed by atoms with Crippen molar-refractivity contribution in [2.75, 3.05) is 7.11 Å². The van der Waals surface area contributed by atoms with Gasteiger partial charge in [-0.2, -0.15) is 5.10 Å². The van der Waals surface area contributed by atoms with Crippen LogP contribution in [0.3, 0.4) is 0 Å². The number of sulfonamides is 1. The molecule has 10 heteroatoms. The molecule has 0 spiro atoms. The molecule has 0 saturated carbocycles. The van der Waals surface area contributed by atoms with E-state index in [4.69, 9.17) is 4.74 Å². The Morgan fingerprint density at radius 2 is 2.24 bits per heavy atom. The average molecular weight is 312 g/mol. The maximum absolute atomic E-state index is 12.2. The molecular formula is C11H12N4O5S. The third-order valence-electron chi connectivity index (χ3n) is 2.67. The number of benzene rings is 1. The van der Waals surface area contributed by atoms with Crippen LogP contribution in [0.15, 0.2) is 35.5 Å². The summed E-state index contributed by atoms with van der Waals surface area (Å²) in [6.07, 6.45) is 3.03. The molecule has 112 valence electrons. The van der Waals surface area contributed by atoms with Crippen molar-refractivity contribution < 1.29 is 18.1 Å². The van der Waals surface area contributed by atoms with E-state index in [1.807, 2.05) is 0 Å². The van der Waals surface area contributed by atoms with E-state index in [0.29, 0.717) is 5.56 Å². The summed E-state index contributed by atoms with van der Waals surface area (Å²) >= 11 is 0. The zero-order chi connectivity index (χ0) is 15.5. The molecule has 21 heavy (non-hydrogen) atoms. The van der Waals surface area contributed by atoms with Gasteiger partial charge >= 0.3 is 0 Å². The van der Waals surface area contributed by atoms with E-state index < -0.39 is 14.9 Å². The number of non-ortho nitro benzene ring substituents is 1. The highest BCUT2D eigenvalue weighted by atomic mass is 32.2. The number of nitro benzene ring substituents is 1. The van der Waals surface area contributed by atoms with E-state index in [9.17, 15) is 18.5 Å². The van der Waals surface area contributed by atoms with E-state index in [0.717, 1.165) is 18.2 Å². The molecule has 0 atom stereocenters. The van der Waals surface area contributed by atoms with E-state index in [2.05, 4.69) is 14.9 Å². The molecule has 2 rings (SSSR count). The lowest BCUT2D eigenvalue weighted by Gasteiger charge is -2.10. The van der Waals surface area contributed by atoms with Gasteiger partial charge in [-0.15, -0.1) is 0 Å². The van der Waals surface area contributed by atoms with E-state index in [1.165, 1.54) is 13.3 Å². The summed E-state index contributed by atoms with van der Waals surface area (Å²) in [7, 11) is -2.62. The Bertz CT molecular complexity index is 742. The number of ether oxygens (including phenoxy) is 1. The van der Waals surface area contributed by atoms with Crippen LogP contribution in [0, 0.1) is 10.1 Å². The van der Waals surface area contributed by atoms with Crippen molar-refractivity contribution in [2.45, 2.75) is 11.4 Å². The third-order valence-corrected chi connectivity index (χ3v) is 4.11. The van der Waals surface area contributed by atoms with Crippen LogP contribution < -0.4 is 9.46 Å². The molecule has 2 aromatic rings. The smallest absolute Gasteiger partial charge is 0.273 e. The number of methoxy groups -OCH3 is 1. The molecule has 0 aliphatic carbocycles. The zero-order valence-electron chi connectivity index (χ0n) is 10.9. The Morgan fingerprint density at radius 3 is 2.81 bits per heavy atom. The van der Waals surface area contributed by atoms with Crippen molar-refractivity contribution in [3.8, 4) is 5.75 Å². The van der Waals surface area contributed by atoms with Crippen LogP contribution in [0.5, 0.6) is 5.75 Å². The van der Waals surface area contributed by atoms with Gasteiger partial charge in [-0.1, -0.05) is 0 Å². The number of H-pyrrole nitrogens is 1. The maximum atomic E-state index is 12.2. The summed E-state index contributed by atoms with van der Waals surface area (Å²) in [6.45, 7) is 0.0406. The first kappa shape index (κ1) is 14.9. The van der Waals surface area contributed by atoms with Crippen LogP contribution in [0.4, 0.5) is 5.69 Å². The van der Waals surface area contributed by atoms with Crippen molar-refractivity contribution in [1.29, 1.82) is 0 Å². The minimum absolute atomic E-state index is 0.0406. The SMILES string of the molecule is COc1cc([N+](=O)[O-])ccc1S(=O)(=O)NCc1cn[nH]c1. The molecule has 1 aromatic carbocycles. The number of nitro groups is 1. The van der Waals surface area contributed by atoms with Gasteiger partial charge < -0.3 is 4.74 Å². The van der Waals surface area contributed by atoms with Gasteiger partial charge in [0.05, 0.1) is 24.3 Å². The topological polar surface area (TPSA) is 127 Å². The third kappa shape index (κ3) is 3.35. The van der Waals surface area contributed by atoms with E-state index >= 15 is 0 Å². The lowest BCUT2D eigenvalue weighted by molar-refractivity contribution is -0.385. The molecule has 0 unspecified atom stereocenters. The standard InChI is InChI=1S/C11H12N4O5S/c1-20-10-4-9(15(16)17)2-3-11(10)21(18,19)14-7-8-5-12-13-6-8/h2-6,14H,7H2,1H3,(H,12,13). The average Bonchev–Trinajstić information content (AvgIpc) is 2.97. The Labute approximate surface area is 120 Å². The number of aromatic amines is 1. The molecule has 0 amide bonds. The molecule has 0 bridgehead atoms. The number of hydrogen-bond acceptors (Lipinski definition) is 6. The minimum atomic E-state index is -3.86. The lowest BCUT2D eigenvalue weighted by atomic mass is 10.3. The van der Waals surface area contributed by atoms with Gasteiger partial charge in [0.15, 0.2) is 0 Å². The minimum Gasteiger partial charge on any atom is -0.495 e. The monoisotopic (exact) mass is 312 g/mol. The van der Waals surface area contributed by atoms with Crippen molar-refractivity contribution >= 4 is 15.7 Å². The summed E-state index contributed by atoms with van der Waals surface area (Å²) in [4.78, 5) is 9.89. The molecule has 0 saturated heterocycles. The Kier molecular flexibility index (Phi) is 4.19. The Hall–Kier alpha value is -2.46. The van der Waals surface area contributed by atoms with Crippen LogP contribution >= 0.6 is 0 Å². The fourth-order valence-electron chi connectivity index (χ4n) is 1.62. The second kappa shape index (κ2) is 5.89. The van der Waals surface area contributed by atoms with Crippen LogP contribution in [0.1, 0.15) is 5.56 Å². The van der Waals surface area contributed by atoms with Gasteiger partial charge in [-0.25, -0.2) is 13.1 Å². The van der Waals surface area contributed by atoms with Gasteiger partial charge in [0.25, 0.3) is 5.69 Å². The summed E-state index contributed by atoms with van der Waals surface area (Å²) in [6, 6.07) is 3.30. The highest BCUT2D eigenvalue weighted by Crippen LogP contribution is 2.28. The number of aromatic nitrogens is 2. The van der Waals surface area contributed by atoms with E-state index in [1.54, 1.807) is 6.20 Å². The Balaban J connectivity index is 2.28. The molecule has 0 fully saturated rings. The zero-order valence-corrected chi connectivity index (χ0v) is 11.8. The lowest BCUT2D eigenvalue weighted by Crippen LogP contribution is -2.23. The van der Waals surface area contributed by atoms with Crippen LogP contribution in [-0.2, 0) is 16.6 Å². The summed E-state index contributed by atoms with van der Waals surface area (Å²) in [5.41, 5.74) is 0.403. The first-order valence-electron chi connectivity index (χ1n) is 5.74. The van der Waals surface area contributed by atoms with Crippen LogP contribution in [-0.4, -0.2) is 30.6 Å². The van der Waals surface area contributed by atoms with Crippen molar-refractivity contribution in [3.05, 3.63) is 46.3 Å². The maximum Gasteiger partial charge on any atom is 0.273 e. The quantitative estimate of drug-likeness (QED) is 0.600. The molecule has 0 aliphatic rings. The molecule has 2 N–H and O–H groups in total. The van der Waals surface area contributed by atoms with Gasteiger partial charge in [0.1, 0.15) is 10.6 Å². The van der Waals surface area contributed by atoms with Gasteiger partial charge in [0, 0.05) is 24.4 Å². The summed E-state index contributed by atoms with van der Waals surface area (Å²) < 4.78 is 31.7. The van der Waals surface area contributed by atoms with Crippen molar-refractivity contribution in [2.24, 2.45) is 0 Å². The normalized spacial score (nSPS) is 11.3. The summed E-state index contributed by atoms with van der Waals surface area (Å²) in [5, 5.41) is 17.0. The molecular weight excluding hydrogens is 300 g/mol. The molecule has 0 radical (unpaired) electrons. The first-order chi connectivity index (χ1) is 9.94. The number of nitrogens with zero attached hydrogens (tertiary/aromatic N) is 2. The van der Waals surface area contributed by atoms with Crippen molar-refractivity contribution in [3.63, 3.8) is 0 Å².